The summed E-state index contributed by atoms with van der Waals surface area (Å²) in [7, 11) is 1.69. The van der Waals surface area contributed by atoms with Crippen LogP contribution in [0.5, 0.6) is 0 Å². The van der Waals surface area contributed by atoms with Gasteiger partial charge in [0.15, 0.2) is 5.82 Å². The highest BCUT2D eigenvalue weighted by Gasteiger charge is 2.12. The van der Waals surface area contributed by atoms with Gasteiger partial charge in [-0.1, -0.05) is 4.48 Å². The molecule has 0 atom stereocenters. The van der Waals surface area contributed by atoms with Crippen LogP contribution in [0.3, 0.4) is 0 Å². The summed E-state index contributed by atoms with van der Waals surface area (Å²) in [6.45, 7) is 1.63. The van der Waals surface area contributed by atoms with Gasteiger partial charge in [-0.3, -0.25) is 9.48 Å². The van der Waals surface area contributed by atoms with Crippen LogP contribution in [0.15, 0.2) is 48.8 Å². The van der Waals surface area contributed by atoms with Crippen LogP contribution in [-0.4, -0.2) is 20.4 Å². The summed E-state index contributed by atoms with van der Waals surface area (Å²) < 4.78 is 26.7. The highest BCUT2D eigenvalue weighted by Crippen LogP contribution is 2.12. The fourth-order valence-electron chi connectivity index (χ4n) is 1.89. The minimum atomic E-state index is -0.359. The molecule has 0 unspecified atom stereocenters. The molecule has 0 saturated carbocycles. The van der Waals surface area contributed by atoms with E-state index < -0.39 is 0 Å². The summed E-state index contributed by atoms with van der Waals surface area (Å²) >= 11 is 0. The summed E-state index contributed by atoms with van der Waals surface area (Å²) in [6, 6.07) is 9.27. The number of aromatic nitrogens is 3. The van der Waals surface area contributed by atoms with E-state index >= 15 is 0 Å². The standard InChI is InChI=1S/C11H9FN2O.C5H7FN2/c12-14-7-1-2-10(14)11(15)8-3-5-9(13)6-4-8;1-4-5(6)3-8(2)7-4/h1-7H,13H2;3H,1-2H3. The van der Waals surface area contributed by atoms with Crippen LogP contribution in [0.2, 0.25) is 0 Å². The van der Waals surface area contributed by atoms with E-state index in [1.165, 1.54) is 29.2 Å². The van der Waals surface area contributed by atoms with E-state index in [-0.39, 0.29) is 17.3 Å². The van der Waals surface area contributed by atoms with Crippen LogP contribution >= 0.6 is 0 Å². The van der Waals surface area contributed by atoms with Crippen molar-refractivity contribution in [1.29, 1.82) is 0 Å². The molecule has 3 rings (SSSR count). The summed E-state index contributed by atoms with van der Waals surface area (Å²) in [5.74, 6) is -0.602. The number of nitrogens with two attached hydrogens (primary N) is 1. The normalized spacial score (nSPS) is 10.1. The zero-order valence-electron chi connectivity index (χ0n) is 12.7. The molecule has 0 aliphatic rings. The van der Waals surface area contributed by atoms with Crippen LogP contribution in [0.1, 0.15) is 21.7 Å². The van der Waals surface area contributed by atoms with Crippen LogP contribution in [0.4, 0.5) is 14.6 Å². The lowest BCUT2D eigenvalue weighted by Crippen LogP contribution is -2.04. The van der Waals surface area contributed by atoms with Gasteiger partial charge in [0.05, 0.1) is 11.9 Å². The van der Waals surface area contributed by atoms with Gasteiger partial charge in [0.25, 0.3) is 0 Å². The number of hydrogen-bond donors (Lipinski definition) is 1. The Hall–Kier alpha value is -2.96. The molecule has 23 heavy (non-hydrogen) atoms. The first-order valence-electron chi connectivity index (χ1n) is 6.78. The van der Waals surface area contributed by atoms with Gasteiger partial charge in [-0.15, -0.1) is 0 Å². The summed E-state index contributed by atoms with van der Waals surface area (Å²) in [5.41, 5.74) is 6.94. The first-order chi connectivity index (χ1) is 10.9. The van der Waals surface area contributed by atoms with Gasteiger partial charge in [-0.05, 0) is 43.3 Å². The Bertz CT molecular complexity index is 786. The fraction of sp³-hybridized carbons (Fsp3) is 0.125. The maximum absolute atomic E-state index is 13.0. The van der Waals surface area contributed by atoms with Crippen molar-refractivity contribution in [3.63, 3.8) is 0 Å². The number of halogens is 2. The average molecular weight is 318 g/mol. The first-order valence-corrected chi connectivity index (χ1v) is 6.78. The Morgan fingerprint density at radius 2 is 1.87 bits per heavy atom. The molecular weight excluding hydrogens is 302 g/mol. The van der Waals surface area contributed by atoms with Gasteiger partial charge in [0, 0.05) is 24.5 Å². The second kappa shape index (κ2) is 6.87. The van der Waals surface area contributed by atoms with Crippen molar-refractivity contribution in [2.75, 3.05) is 5.73 Å². The van der Waals surface area contributed by atoms with E-state index in [1.54, 1.807) is 38.2 Å². The van der Waals surface area contributed by atoms with Crippen molar-refractivity contribution in [2.45, 2.75) is 6.92 Å². The molecule has 0 aliphatic carbocycles. The molecule has 0 fully saturated rings. The Balaban J connectivity index is 0.000000203. The molecule has 5 nitrogen and oxygen atoms in total. The quantitative estimate of drug-likeness (QED) is 0.583. The van der Waals surface area contributed by atoms with E-state index in [2.05, 4.69) is 5.10 Å². The lowest BCUT2D eigenvalue weighted by molar-refractivity contribution is 0.102. The largest absolute Gasteiger partial charge is 0.399 e. The van der Waals surface area contributed by atoms with Crippen LogP contribution in [0, 0.1) is 12.7 Å². The Kier molecular flexibility index (Phi) is 4.90. The number of benzene rings is 1. The topological polar surface area (TPSA) is 65.8 Å². The summed E-state index contributed by atoms with van der Waals surface area (Å²) in [6.07, 6.45) is 2.53. The van der Waals surface area contributed by atoms with Gasteiger partial charge in [0.2, 0.25) is 5.78 Å². The van der Waals surface area contributed by atoms with E-state index in [4.69, 9.17) is 5.73 Å². The lowest BCUT2D eigenvalue weighted by Gasteiger charge is -2.00. The summed E-state index contributed by atoms with van der Waals surface area (Å²) in [5, 5.41) is 3.75. The number of anilines is 1. The third kappa shape index (κ3) is 4.03. The van der Waals surface area contributed by atoms with Crippen LogP contribution in [-0.2, 0) is 7.05 Å². The van der Waals surface area contributed by atoms with E-state index in [1.807, 2.05) is 0 Å². The number of aryl methyl sites for hydroxylation is 2. The minimum Gasteiger partial charge on any atom is -0.399 e. The van der Waals surface area contributed by atoms with E-state index in [0.29, 0.717) is 21.7 Å². The molecule has 0 saturated heterocycles. The third-order valence-electron chi connectivity index (χ3n) is 3.06. The zero-order valence-corrected chi connectivity index (χ0v) is 12.7. The zero-order chi connectivity index (χ0) is 17.0. The number of ketones is 1. The van der Waals surface area contributed by atoms with Gasteiger partial charge >= 0.3 is 0 Å². The fourth-order valence-corrected chi connectivity index (χ4v) is 1.89. The predicted molar refractivity (Wildman–Crippen MR) is 83.1 cm³/mol. The molecule has 2 aromatic heterocycles. The van der Waals surface area contributed by atoms with Crippen molar-refractivity contribution in [1.82, 2.24) is 14.6 Å². The number of carbonyl (C=O) groups is 1. The number of carbonyl (C=O) groups excluding carboxylic acids is 1. The first kappa shape index (κ1) is 16.4. The Morgan fingerprint density at radius 3 is 2.26 bits per heavy atom. The van der Waals surface area contributed by atoms with Crippen molar-refractivity contribution in [2.24, 2.45) is 7.05 Å². The molecule has 2 N–H and O–H groups in total. The Labute approximate surface area is 131 Å². The molecule has 0 amide bonds. The van der Waals surface area contributed by atoms with Gasteiger partial charge < -0.3 is 5.73 Å². The second-order valence-corrected chi connectivity index (χ2v) is 4.89. The van der Waals surface area contributed by atoms with Gasteiger partial charge in [-0.25, -0.2) is 4.39 Å². The van der Waals surface area contributed by atoms with Crippen LogP contribution < -0.4 is 5.73 Å². The molecular formula is C16H16F2N4O. The molecule has 0 bridgehead atoms. The Morgan fingerprint density at radius 1 is 1.22 bits per heavy atom. The van der Waals surface area contributed by atoms with Crippen molar-refractivity contribution >= 4 is 11.5 Å². The number of rotatable bonds is 2. The SMILES string of the molecule is Cc1nn(C)cc1F.Nc1ccc(C(=O)c2cccn2F)cc1. The third-order valence-corrected chi connectivity index (χ3v) is 3.06. The van der Waals surface area contributed by atoms with E-state index in [9.17, 15) is 13.7 Å². The predicted octanol–water partition coefficient (Wildman–Crippen LogP) is 2.90. The highest BCUT2D eigenvalue weighted by molar-refractivity contribution is 6.08. The smallest absolute Gasteiger partial charge is 0.212 e. The second-order valence-electron chi connectivity index (χ2n) is 4.89. The maximum Gasteiger partial charge on any atom is 0.212 e. The molecule has 0 radical (unpaired) electrons. The highest BCUT2D eigenvalue weighted by atomic mass is 19.2. The maximum atomic E-state index is 13.0. The monoisotopic (exact) mass is 318 g/mol. The molecule has 1 aromatic carbocycles. The van der Waals surface area contributed by atoms with Crippen molar-refractivity contribution < 1.29 is 13.7 Å². The number of hydrogen-bond acceptors (Lipinski definition) is 3. The molecule has 0 aliphatic heterocycles. The number of nitrogens with zero attached hydrogens (tertiary/aromatic N) is 3. The van der Waals surface area contributed by atoms with Gasteiger partial charge in [0.1, 0.15) is 5.69 Å². The van der Waals surface area contributed by atoms with E-state index in [0.717, 1.165) is 0 Å². The van der Waals surface area contributed by atoms with Crippen LogP contribution in [0.25, 0.3) is 0 Å². The molecule has 120 valence electrons. The minimum absolute atomic E-state index is 0.0137. The van der Waals surface area contributed by atoms with Gasteiger partial charge in [-0.2, -0.15) is 9.89 Å². The summed E-state index contributed by atoms with van der Waals surface area (Å²) in [4.78, 5) is 12.0. The van der Waals surface area contributed by atoms with Crippen molar-refractivity contribution in [3.8, 4) is 0 Å². The molecule has 3 aromatic rings. The molecule has 2 heterocycles. The van der Waals surface area contributed by atoms with Crippen molar-refractivity contribution in [3.05, 3.63) is 71.6 Å². The average Bonchev–Trinajstić information content (AvgIpc) is 3.05. The molecule has 0 spiro atoms. The molecule has 7 heteroatoms. The number of nitrogen functional groups attached to an aromatic ring is 1. The lowest BCUT2D eigenvalue weighted by atomic mass is 10.1.